The van der Waals surface area contributed by atoms with Gasteiger partial charge >= 0.3 is 5.97 Å². The second-order valence-corrected chi connectivity index (χ2v) is 6.88. The zero-order chi connectivity index (χ0) is 19.8. The largest absolute Gasteiger partial charge is 0.478 e. The number of aromatic carboxylic acids is 1. The standard InChI is InChI=1S/C23H19FN2O2/c1-14-11-20-22(25-13-14)21(23(27)28)19(26(20)17-8-4-3-5-9-17)12-16-7-6-10-18(24)15(16)2/h3-11,13H,12H2,1-2H3,(H,27,28). The Labute approximate surface area is 161 Å². The lowest BCUT2D eigenvalue weighted by Gasteiger charge is -2.13. The first-order valence-electron chi connectivity index (χ1n) is 9.00. The molecule has 4 aromatic rings. The van der Waals surface area contributed by atoms with Crippen LogP contribution in [-0.4, -0.2) is 20.6 Å². The van der Waals surface area contributed by atoms with Crippen molar-refractivity contribution in [3.8, 4) is 5.69 Å². The molecule has 4 nitrogen and oxygen atoms in total. The Balaban J connectivity index is 2.07. The summed E-state index contributed by atoms with van der Waals surface area (Å²) >= 11 is 0. The van der Waals surface area contributed by atoms with Crippen LogP contribution >= 0.6 is 0 Å². The molecule has 28 heavy (non-hydrogen) atoms. The molecule has 0 atom stereocenters. The Bertz CT molecular complexity index is 1200. The van der Waals surface area contributed by atoms with Gasteiger partial charge in [0.05, 0.1) is 5.52 Å². The summed E-state index contributed by atoms with van der Waals surface area (Å²) in [5.74, 6) is -1.34. The number of carboxylic acid groups (broad SMARTS) is 1. The number of pyridine rings is 1. The van der Waals surface area contributed by atoms with Crippen LogP contribution in [0.25, 0.3) is 16.7 Å². The molecular weight excluding hydrogens is 355 g/mol. The molecule has 0 radical (unpaired) electrons. The van der Waals surface area contributed by atoms with Crippen molar-refractivity contribution in [2.75, 3.05) is 0 Å². The van der Waals surface area contributed by atoms with Gasteiger partial charge < -0.3 is 9.67 Å². The van der Waals surface area contributed by atoms with Gasteiger partial charge in [0.1, 0.15) is 16.9 Å². The molecule has 0 aliphatic heterocycles. The third-order valence-electron chi connectivity index (χ3n) is 5.01. The number of hydrogen-bond donors (Lipinski definition) is 1. The van der Waals surface area contributed by atoms with Gasteiger partial charge in [0.15, 0.2) is 0 Å². The summed E-state index contributed by atoms with van der Waals surface area (Å²) in [5, 5.41) is 9.97. The molecule has 140 valence electrons. The molecule has 0 amide bonds. The minimum atomic E-state index is -1.04. The van der Waals surface area contributed by atoms with Crippen molar-refractivity contribution in [1.82, 2.24) is 9.55 Å². The third kappa shape index (κ3) is 2.95. The number of carboxylic acids is 1. The lowest BCUT2D eigenvalue weighted by atomic mass is 10.0. The molecule has 2 heterocycles. The highest BCUT2D eigenvalue weighted by Crippen LogP contribution is 2.31. The van der Waals surface area contributed by atoms with Gasteiger partial charge in [0, 0.05) is 24.0 Å². The highest BCUT2D eigenvalue weighted by atomic mass is 19.1. The van der Waals surface area contributed by atoms with Gasteiger partial charge in [-0.1, -0.05) is 30.3 Å². The van der Waals surface area contributed by atoms with E-state index in [2.05, 4.69) is 4.98 Å². The number of nitrogens with zero attached hydrogens (tertiary/aromatic N) is 2. The fourth-order valence-electron chi connectivity index (χ4n) is 3.60. The zero-order valence-electron chi connectivity index (χ0n) is 15.6. The number of fused-ring (bicyclic) bond motifs is 1. The van der Waals surface area contributed by atoms with Gasteiger partial charge in [-0.2, -0.15) is 0 Å². The lowest BCUT2D eigenvalue weighted by molar-refractivity contribution is 0.0697. The Morgan fingerprint density at radius 3 is 2.57 bits per heavy atom. The summed E-state index contributed by atoms with van der Waals surface area (Å²) in [7, 11) is 0. The first kappa shape index (κ1) is 17.9. The Morgan fingerprint density at radius 2 is 1.86 bits per heavy atom. The van der Waals surface area contributed by atoms with Crippen molar-refractivity contribution in [3.63, 3.8) is 0 Å². The van der Waals surface area contributed by atoms with Gasteiger partial charge in [-0.3, -0.25) is 4.98 Å². The molecule has 0 aliphatic carbocycles. The van der Waals surface area contributed by atoms with Crippen LogP contribution in [0.4, 0.5) is 4.39 Å². The van der Waals surface area contributed by atoms with E-state index in [1.165, 1.54) is 6.07 Å². The van der Waals surface area contributed by atoms with E-state index in [1.807, 2.05) is 54.0 Å². The van der Waals surface area contributed by atoms with Crippen molar-refractivity contribution in [3.05, 3.63) is 94.6 Å². The average Bonchev–Trinajstić information content (AvgIpc) is 2.99. The van der Waals surface area contributed by atoms with Crippen LogP contribution in [0.3, 0.4) is 0 Å². The number of benzene rings is 2. The first-order valence-corrected chi connectivity index (χ1v) is 9.00. The molecule has 4 rings (SSSR count). The van der Waals surface area contributed by atoms with E-state index in [9.17, 15) is 14.3 Å². The van der Waals surface area contributed by atoms with Crippen molar-refractivity contribution in [1.29, 1.82) is 0 Å². The highest BCUT2D eigenvalue weighted by molar-refractivity contribution is 6.04. The molecule has 0 spiro atoms. The number of aryl methyl sites for hydroxylation is 1. The SMILES string of the molecule is Cc1cnc2c(C(=O)O)c(Cc3cccc(F)c3C)n(-c3ccccc3)c2c1. The number of para-hydroxylation sites is 1. The third-order valence-corrected chi connectivity index (χ3v) is 5.01. The minimum absolute atomic E-state index is 0.155. The normalized spacial score (nSPS) is 11.1. The summed E-state index contributed by atoms with van der Waals surface area (Å²) < 4.78 is 16.0. The molecule has 0 aliphatic rings. The maximum Gasteiger partial charge on any atom is 0.339 e. The lowest BCUT2D eigenvalue weighted by Crippen LogP contribution is -2.08. The second kappa shape index (κ2) is 6.93. The summed E-state index contributed by atoms with van der Waals surface area (Å²) in [6.45, 7) is 3.63. The molecule has 2 aromatic heterocycles. The van der Waals surface area contributed by atoms with Crippen molar-refractivity contribution < 1.29 is 14.3 Å². The molecular formula is C23H19FN2O2. The van der Waals surface area contributed by atoms with Gasteiger partial charge in [-0.25, -0.2) is 9.18 Å². The van der Waals surface area contributed by atoms with Crippen LogP contribution < -0.4 is 0 Å². The van der Waals surface area contributed by atoms with Gasteiger partial charge in [0.2, 0.25) is 0 Å². The smallest absolute Gasteiger partial charge is 0.339 e. The zero-order valence-corrected chi connectivity index (χ0v) is 15.6. The molecule has 0 unspecified atom stereocenters. The summed E-state index contributed by atoms with van der Waals surface area (Å²) in [4.78, 5) is 16.6. The van der Waals surface area contributed by atoms with Crippen LogP contribution in [-0.2, 0) is 6.42 Å². The Kier molecular flexibility index (Phi) is 4.43. The molecule has 5 heteroatoms. The molecule has 0 saturated heterocycles. The number of hydrogen-bond acceptors (Lipinski definition) is 2. The molecule has 2 aromatic carbocycles. The Hall–Kier alpha value is -3.47. The van der Waals surface area contributed by atoms with Crippen molar-refractivity contribution in [2.45, 2.75) is 20.3 Å². The van der Waals surface area contributed by atoms with E-state index in [4.69, 9.17) is 0 Å². The number of halogens is 1. The van der Waals surface area contributed by atoms with E-state index in [1.54, 1.807) is 19.2 Å². The molecule has 1 N–H and O–H groups in total. The summed E-state index contributed by atoms with van der Waals surface area (Å²) in [6.07, 6.45) is 1.96. The van der Waals surface area contributed by atoms with Gasteiger partial charge in [-0.05, 0) is 54.8 Å². The molecule has 0 bridgehead atoms. The maximum atomic E-state index is 14.1. The molecule has 0 fully saturated rings. The van der Waals surface area contributed by atoms with E-state index in [-0.39, 0.29) is 17.8 Å². The summed E-state index contributed by atoms with van der Waals surface area (Å²) in [5.41, 5.74) is 4.96. The maximum absolute atomic E-state index is 14.1. The molecule has 0 saturated carbocycles. The first-order chi connectivity index (χ1) is 13.5. The highest BCUT2D eigenvalue weighted by Gasteiger charge is 2.25. The monoisotopic (exact) mass is 374 g/mol. The van der Waals surface area contributed by atoms with Crippen LogP contribution in [0.15, 0.2) is 60.8 Å². The summed E-state index contributed by atoms with van der Waals surface area (Å²) in [6, 6.07) is 16.4. The van der Waals surface area contributed by atoms with Crippen molar-refractivity contribution >= 4 is 17.0 Å². The van der Waals surface area contributed by atoms with Crippen LogP contribution in [0, 0.1) is 19.7 Å². The second-order valence-electron chi connectivity index (χ2n) is 6.88. The predicted molar refractivity (Wildman–Crippen MR) is 107 cm³/mol. The number of rotatable bonds is 4. The van der Waals surface area contributed by atoms with Crippen LogP contribution in [0.2, 0.25) is 0 Å². The van der Waals surface area contributed by atoms with Crippen molar-refractivity contribution in [2.24, 2.45) is 0 Å². The number of aromatic nitrogens is 2. The van der Waals surface area contributed by atoms with Crippen LogP contribution in [0.5, 0.6) is 0 Å². The fourth-order valence-corrected chi connectivity index (χ4v) is 3.60. The van der Waals surface area contributed by atoms with E-state index in [0.717, 1.165) is 22.3 Å². The van der Waals surface area contributed by atoms with Gasteiger partial charge in [0.25, 0.3) is 0 Å². The average molecular weight is 374 g/mol. The minimum Gasteiger partial charge on any atom is -0.478 e. The van der Waals surface area contributed by atoms with E-state index < -0.39 is 5.97 Å². The topological polar surface area (TPSA) is 55.1 Å². The number of carbonyl (C=O) groups is 1. The van der Waals surface area contributed by atoms with Crippen LogP contribution in [0.1, 0.15) is 32.7 Å². The Morgan fingerprint density at radius 1 is 1.11 bits per heavy atom. The quantitative estimate of drug-likeness (QED) is 0.543. The van der Waals surface area contributed by atoms with E-state index >= 15 is 0 Å². The fraction of sp³-hybridized carbons (Fsp3) is 0.130. The van der Waals surface area contributed by atoms with E-state index in [0.29, 0.717) is 16.8 Å². The van der Waals surface area contributed by atoms with Gasteiger partial charge in [-0.15, -0.1) is 0 Å². The predicted octanol–water partition coefficient (Wildman–Crippen LogP) is 5.07.